The molecule has 25 heavy (non-hydrogen) atoms. The minimum Gasteiger partial charge on any atom is -0.632 e. The van der Waals surface area contributed by atoms with Gasteiger partial charge in [-0.2, -0.15) is 0 Å². The molecule has 0 aliphatic heterocycles. The zero-order valence-corrected chi connectivity index (χ0v) is 17.9. The van der Waals surface area contributed by atoms with Crippen LogP contribution in [0.5, 0.6) is 0 Å². The number of ether oxygens (including phenoxy) is 1. The monoisotopic (exact) mass is 527 g/mol. The van der Waals surface area contributed by atoms with Crippen molar-refractivity contribution in [1.29, 1.82) is 0 Å². The van der Waals surface area contributed by atoms with E-state index in [0.29, 0.717) is 32.1 Å². The molecule has 0 fully saturated rings. The van der Waals surface area contributed by atoms with Crippen molar-refractivity contribution in [2.24, 2.45) is 0 Å². The van der Waals surface area contributed by atoms with Gasteiger partial charge in [0.2, 0.25) is 23.8 Å². The van der Waals surface area contributed by atoms with Crippen LogP contribution in [0.25, 0.3) is 5.73 Å². The molecule has 0 aliphatic rings. The summed E-state index contributed by atoms with van der Waals surface area (Å²) in [6.07, 6.45) is 1.39. The second-order valence-corrected chi connectivity index (χ2v) is 5.44. The van der Waals surface area contributed by atoms with Gasteiger partial charge in [0.05, 0.1) is 13.3 Å². The fourth-order valence-corrected chi connectivity index (χ4v) is 1.93. The molecule has 0 spiro atoms. The molecule has 0 radical (unpaired) electrons. The Morgan fingerprint density at radius 3 is 1.88 bits per heavy atom. The zero-order valence-electron chi connectivity index (χ0n) is 15.0. The summed E-state index contributed by atoms with van der Waals surface area (Å²) in [5.74, 6) is -0.304. The first-order chi connectivity index (χ1) is 11.3. The number of nitrogens with one attached hydrogen (secondary N) is 2. The fraction of sp³-hybridized carbons (Fsp3) is 0.733. The maximum Gasteiger partial charge on any atom is 0.227 e. The van der Waals surface area contributed by atoms with E-state index in [0.717, 1.165) is 0 Å². The van der Waals surface area contributed by atoms with Crippen molar-refractivity contribution >= 4 is 23.8 Å². The van der Waals surface area contributed by atoms with E-state index in [-0.39, 0.29) is 58.5 Å². The van der Waals surface area contributed by atoms with Crippen molar-refractivity contribution in [1.82, 2.24) is 15.1 Å². The van der Waals surface area contributed by atoms with Gasteiger partial charge in [0.15, 0.2) is 0 Å². The second kappa shape index (κ2) is 14.7. The molecule has 0 rings (SSSR count). The van der Waals surface area contributed by atoms with Crippen molar-refractivity contribution in [3.63, 3.8) is 0 Å². The third kappa shape index (κ3) is 13.3. The summed E-state index contributed by atoms with van der Waals surface area (Å²) in [6.45, 7) is 0.202. The Morgan fingerprint density at radius 2 is 1.40 bits per heavy atom. The van der Waals surface area contributed by atoms with E-state index in [9.17, 15) is 19.2 Å². The number of hydrogen-bond acceptors (Lipinski definition) is 5. The summed E-state index contributed by atoms with van der Waals surface area (Å²) >= 11 is 0. The minimum atomic E-state index is -1.11. The number of carbonyl (C=O) groups is 4. The predicted octanol–water partition coefficient (Wildman–Crippen LogP) is 1.13. The predicted molar refractivity (Wildman–Crippen MR) is 87.8 cm³/mol. The maximum atomic E-state index is 12.0. The van der Waals surface area contributed by atoms with Gasteiger partial charge in [0, 0.05) is 61.5 Å². The SMILES string of the molecule is CNC(=O)CCCCC(=O)N(C)CN(C)C(=O)CCCOC([NH-])=O.[W]. The molecular weight excluding hydrogens is 500 g/mol. The summed E-state index contributed by atoms with van der Waals surface area (Å²) in [5.41, 5.74) is 6.57. The largest absolute Gasteiger partial charge is 0.632 e. The van der Waals surface area contributed by atoms with Crippen LogP contribution < -0.4 is 5.32 Å². The van der Waals surface area contributed by atoms with Crippen LogP contribution in [0.1, 0.15) is 38.5 Å². The van der Waals surface area contributed by atoms with E-state index >= 15 is 0 Å². The number of nitrogens with zero attached hydrogens (tertiary/aromatic N) is 2. The quantitative estimate of drug-likeness (QED) is 0.319. The molecule has 0 aromatic heterocycles. The molecule has 4 amide bonds. The summed E-state index contributed by atoms with van der Waals surface area (Å²) in [6, 6.07) is 0. The average molecular weight is 527 g/mol. The minimum absolute atomic E-state index is 0. The van der Waals surface area contributed by atoms with Crippen LogP contribution in [-0.4, -0.2) is 68.0 Å². The van der Waals surface area contributed by atoms with Gasteiger partial charge in [0.1, 0.15) is 0 Å². The van der Waals surface area contributed by atoms with Gasteiger partial charge in [-0.1, -0.05) is 0 Å². The number of unbranched alkanes of at least 4 members (excludes halogenated alkanes) is 1. The molecule has 0 unspecified atom stereocenters. The normalized spacial score (nSPS) is 9.56. The molecule has 144 valence electrons. The zero-order chi connectivity index (χ0) is 18.5. The third-order valence-corrected chi connectivity index (χ3v) is 3.37. The van der Waals surface area contributed by atoms with E-state index in [1.54, 1.807) is 21.1 Å². The molecule has 0 heterocycles. The summed E-state index contributed by atoms with van der Waals surface area (Å²) in [5, 5.41) is 2.53. The van der Waals surface area contributed by atoms with E-state index in [1.807, 2.05) is 0 Å². The molecule has 0 aromatic carbocycles. The van der Waals surface area contributed by atoms with Crippen LogP contribution in [0.15, 0.2) is 0 Å². The molecule has 0 aromatic rings. The summed E-state index contributed by atoms with van der Waals surface area (Å²) < 4.78 is 4.44. The molecule has 10 heteroatoms. The van der Waals surface area contributed by atoms with Gasteiger partial charge >= 0.3 is 0 Å². The number of rotatable bonds is 11. The second-order valence-electron chi connectivity index (χ2n) is 5.44. The van der Waals surface area contributed by atoms with Crippen molar-refractivity contribution in [3.05, 3.63) is 5.73 Å². The summed E-state index contributed by atoms with van der Waals surface area (Å²) in [4.78, 5) is 48.1. The van der Waals surface area contributed by atoms with E-state index in [1.165, 1.54) is 9.80 Å². The maximum absolute atomic E-state index is 12.0. The van der Waals surface area contributed by atoms with Crippen molar-refractivity contribution in [2.75, 3.05) is 34.4 Å². The molecule has 0 aliphatic carbocycles. The summed E-state index contributed by atoms with van der Waals surface area (Å²) in [7, 11) is 4.78. The molecule has 0 saturated heterocycles. The van der Waals surface area contributed by atoms with Crippen molar-refractivity contribution < 1.29 is 45.0 Å². The Labute approximate surface area is 162 Å². The first-order valence-corrected chi connectivity index (χ1v) is 7.84. The van der Waals surface area contributed by atoms with Gasteiger partial charge in [0.25, 0.3) is 0 Å². The molecule has 0 atom stereocenters. The molecule has 9 nitrogen and oxygen atoms in total. The standard InChI is InChI=1S/C15H28N4O5.W/c1-17-12(20)7-4-5-8-13(21)18(2)11-19(3)14(22)9-6-10-24-15(16)23;/h4-11H2,1-3H3,(H3,16,17,20,23);/p-1. The topological polar surface area (TPSA) is 120 Å². The molecule has 0 saturated carbocycles. The molecular formula is C15H27N4O5W-. The van der Waals surface area contributed by atoms with E-state index in [2.05, 4.69) is 10.1 Å². The Balaban J connectivity index is 0. The van der Waals surface area contributed by atoms with Gasteiger partial charge in [-0.3, -0.25) is 19.2 Å². The van der Waals surface area contributed by atoms with Gasteiger partial charge in [-0.15, -0.1) is 0 Å². The van der Waals surface area contributed by atoms with Crippen LogP contribution in [-0.2, 0) is 40.2 Å². The third-order valence-electron chi connectivity index (χ3n) is 3.37. The Kier molecular flexibility index (Phi) is 15.0. The van der Waals surface area contributed by atoms with Crippen LogP contribution in [0.2, 0.25) is 0 Å². The van der Waals surface area contributed by atoms with Crippen molar-refractivity contribution in [2.45, 2.75) is 38.5 Å². The first kappa shape index (κ1) is 25.6. The Morgan fingerprint density at radius 1 is 0.920 bits per heavy atom. The van der Waals surface area contributed by atoms with E-state index < -0.39 is 6.09 Å². The smallest absolute Gasteiger partial charge is 0.227 e. The van der Waals surface area contributed by atoms with E-state index in [4.69, 9.17) is 5.73 Å². The first-order valence-electron chi connectivity index (χ1n) is 7.84. The van der Waals surface area contributed by atoms with Crippen LogP contribution in [0.4, 0.5) is 4.79 Å². The van der Waals surface area contributed by atoms with Crippen LogP contribution >= 0.6 is 0 Å². The Bertz CT molecular complexity index is 448. The molecule has 0 bridgehead atoms. The number of hydrogen-bond donors (Lipinski definition) is 1. The van der Waals surface area contributed by atoms with Crippen LogP contribution in [0.3, 0.4) is 0 Å². The van der Waals surface area contributed by atoms with Crippen molar-refractivity contribution in [3.8, 4) is 0 Å². The Hall–Kier alpha value is -1.63. The number of amides is 4. The number of carbonyl (C=O) groups excluding carboxylic acids is 4. The fourth-order valence-electron chi connectivity index (χ4n) is 1.93. The van der Waals surface area contributed by atoms with Gasteiger partial charge in [-0.25, -0.2) is 0 Å². The van der Waals surface area contributed by atoms with Gasteiger partial charge < -0.3 is 25.6 Å². The molecule has 2 N–H and O–H groups in total. The van der Waals surface area contributed by atoms with Crippen LogP contribution in [0, 0.1) is 0 Å². The van der Waals surface area contributed by atoms with Gasteiger partial charge in [-0.05, 0) is 19.3 Å². The average Bonchev–Trinajstić information content (AvgIpc) is 2.54.